The average molecular weight is 289 g/mol. The second kappa shape index (κ2) is 4.41. The van der Waals surface area contributed by atoms with Crippen LogP contribution in [0.25, 0.3) is 11.5 Å². The van der Waals surface area contributed by atoms with Gasteiger partial charge in [0.05, 0.1) is 0 Å². The quantitative estimate of drug-likeness (QED) is 0.867. The van der Waals surface area contributed by atoms with Crippen LogP contribution in [0, 0.1) is 5.41 Å². The second-order valence-corrected chi connectivity index (χ2v) is 6.54. The Bertz CT molecular complexity index is 623. The van der Waals surface area contributed by atoms with E-state index in [2.05, 4.69) is 10.2 Å². The van der Waals surface area contributed by atoms with E-state index >= 15 is 0 Å². The molecular formula is C14H15N3O2S. The lowest BCUT2D eigenvalue weighted by atomic mass is 9.96. The molecule has 4 rings (SSSR count). The summed E-state index contributed by atoms with van der Waals surface area (Å²) in [4.78, 5) is 13.9. The van der Waals surface area contributed by atoms with E-state index in [-0.39, 0.29) is 5.91 Å². The summed E-state index contributed by atoms with van der Waals surface area (Å²) < 4.78 is 5.58. The first kappa shape index (κ1) is 12.1. The molecule has 2 fully saturated rings. The smallest absolute Gasteiger partial charge is 0.248 e. The van der Waals surface area contributed by atoms with Gasteiger partial charge in [0.25, 0.3) is 0 Å². The summed E-state index contributed by atoms with van der Waals surface area (Å²) in [6, 6.07) is 1.95. The summed E-state index contributed by atoms with van der Waals surface area (Å²) in [5, 5.41) is 12.0. The first-order valence-electron chi connectivity index (χ1n) is 6.87. The zero-order valence-corrected chi connectivity index (χ0v) is 11.9. The number of likely N-dealkylation sites (tertiary alicyclic amines) is 1. The summed E-state index contributed by atoms with van der Waals surface area (Å²) in [5.74, 6) is 1.29. The monoisotopic (exact) mass is 289 g/mol. The molecule has 104 valence electrons. The molecule has 20 heavy (non-hydrogen) atoms. The molecule has 2 aromatic heterocycles. The fraction of sp³-hybridized carbons (Fsp3) is 0.500. The van der Waals surface area contributed by atoms with Crippen molar-refractivity contribution in [3.8, 4) is 11.5 Å². The number of thiophene rings is 1. The minimum absolute atomic E-state index is 0.206. The third kappa shape index (κ3) is 2.14. The van der Waals surface area contributed by atoms with E-state index in [1.807, 2.05) is 21.7 Å². The predicted octanol–water partition coefficient (Wildman–Crippen LogP) is 2.35. The van der Waals surface area contributed by atoms with E-state index in [0.29, 0.717) is 30.0 Å². The molecule has 1 amide bonds. The van der Waals surface area contributed by atoms with Crippen LogP contribution in [-0.4, -0.2) is 34.1 Å². The van der Waals surface area contributed by atoms with Gasteiger partial charge in [-0.3, -0.25) is 4.79 Å². The van der Waals surface area contributed by atoms with Gasteiger partial charge in [-0.15, -0.1) is 10.2 Å². The first-order valence-corrected chi connectivity index (χ1v) is 7.81. The van der Waals surface area contributed by atoms with Gasteiger partial charge in [0.15, 0.2) is 0 Å². The van der Waals surface area contributed by atoms with E-state index in [0.717, 1.165) is 18.7 Å². The topological polar surface area (TPSA) is 59.2 Å². The number of carbonyl (C=O) groups is 1. The normalized spacial score (nSPS) is 19.1. The maximum absolute atomic E-state index is 12.0. The molecule has 1 saturated heterocycles. The molecule has 2 aliphatic rings. The Kier molecular flexibility index (Phi) is 2.66. The number of carbonyl (C=O) groups excluding carboxylic acids is 1. The van der Waals surface area contributed by atoms with Crippen LogP contribution in [0.4, 0.5) is 0 Å². The number of aryl methyl sites for hydroxylation is 1. The first-order chi connectivity index (χ1) is 9.74. The molecule has 1 spiro atoms. The molecule has 6 heteroatoms. The van der Waals surface area contributed by atoms with Gasteiger partial charge in [-0.25, -0.2) is 0 Å². The molecule has 0 radical (unpaired) electrons. The van der Waals surface area contributed by atoms with Crippen molar-refractivity contribution in [2.75, 3.05) is 13.1 Å². The minimum Gasteiger partial charge on any atom is -0.421 e. The van der Waals surface area contributed by atoms with Crippen LogP contribution in [0.15, 0.2) is 21.2 Å². The molecule has 5 nitrogen and oxygen atoms in total. The van der Waals surface area contributed by atoms with Gasteiger partial charge in [-0.1, -0.05) is 0 Å². The largest absolute Gasteiger partial charge is 0.421 e. The number of hydrogen-bond donors (Lipinski definition) is 0. The van der Waals surface area contributed by atoms with E-state index in [4.69, 9.17) is 4.42 Å². The van der Waals surface area contributed by atoms with E-state index in [1.165, 1.54) is 12.8 Å². The zero-order valence-electron chi connectivity index (χ0n) is 11.0. The van der Waals surface area contributed by atoms with Crippen molar-refractivity contribution in [3.05, 3.63) is 22.7 Å². The maximum atomic E-state index is 12.0. The fourth-order valence-electron chi connectivity index (χ4n) is 2.66. The highest BCUT2D eigenvalue weighted by Gasteiger charge is 2.53. The van der Waals surface area contributed by atoms with Crippen LogP contribution in [-0.2, 0) is 11.2 Å². The summed E-state index contributed by atoms with van der Waals surface area (Å²) in [5.41, 5.74) is 1.46. The Labute approximate surface area is 120 Å². The summed E-state index contributed by atoms with van der Waals surface area (Å²) in [6.07, 6.45) is 3.58. The standard InChI is InChI=1S/C14H15N3O2S/c18-12(17-8-14(9-17)4-5-14)2-1-11-15-16-13(19-11)10-3-6-20-7-10/h3,6-7H,1-2,4-5,8-9H2. The minimum atomic E-state index is 0.206. The molecule has 2 aromatic rings. The predicted molar refractivity (Wildman–Crippen MR) is 74.2 cm³/mol. The number of aromatic nitrogens is 2. The lowest BCUT2D eigenvalue weighted by Crippen LogP contribution is -2.51. The van der Waals surface area contributed by atoms with E-state index in [1.54, 1.807) is 11.3 Å². The maximum Gasteiger partial charge on any atom is 0.248 e. The lowest BCUT2D eigenvalue weighted by molar-refractivity contribution is -0.138. The Morgan fingerprint density at radius 1 is 1.40 bits per heavy atom. The Morgan fingerprint density at radius 2 is 2.25 bits per heavy atom. The molecule has 0 bridgehead atoms. The fourth-order valence-corrected chi connectivity index (χ4v) is 3.29. The highest BCUT2D eigenvalue weighted by molar-refractivity contribution is 7.08. The molecule has 3 heterocycles. The Balaban J connectivity index is 1.32. The van der Waals surface area contributed by atoms with Crippen LogP contribution in [0.1, 0.15) is 25.2 Å². The molecule has 0 atom stereocenters. The van der Waals surface area contributed by atoms with Crippen molar-refractivity contribution in [2.24, 2.45) is 5.41 Å². The molecule has 1 saturated carbocycles. The van der Waals surface area contributed by atoms with Gasteiger partial charge >= 0.3 is 0 Å². The van der Waals surface area contributed by atoms with Gasteiger partial charge < -0.3 is 9.32 Å². The van der Waals surface area contributed by atoms with Gasteiger partial charge in [0.1, 0.15) is 0 Å². The van der Waals surface area contributed by atoms with Gasteiger partial charge in [-0.2, -0.15) is 11.3 Å². The molecular weight excluding hydrogens is 274 g/mol. The van der Waals surface area contributed by atoms with Crippen LogP contribution in [0.3, 0.4) is 0 Å². The van der Waals surface area contributed by atoms with Gasteiger partial charge in [-0.05, 0) is 24.3 Å². The molecule has 1 aliphatic carbocycles. The molecule has 0 aromatic carbocycles. The number of amides is 1. The molecule has 1 aliphatic heterocycles. The lowest BCUT2D eigenvalue weighted by Gasteiger charge is -2.40. The number of hydrogen-bond acceptors (Lipinski definition) is 5. The molecule has 0 unspecified atom stereocenters. The number of rotatable bonds is 4. The third-order valence-electron chi connectivity index (χ3n) is 4.15. The Hall–Kier alpha value is -1.69. The van der Waals surface area contributed by atoms with Crippen LogP contribution >= 0.6 is 11.3 Å². The van der Waals surface area contributed by atoms with Crippen molar-refractivity contribution >= 4 is 17.2 Å². The van der Waals surface area contributed by atoms with Crippen LogP contribution in [0.5, 0.6) is 0 Å². The highest BCUT2D eigenvalue weighted by Crippen LogP contribution is 2.52. The second-order valence-electron chi connectivity index (χ2n) is 5.76. The Morgan fingerprint density at radius 3 is 2.95 bits per heavy atom. The summed E-state index contributed by atoms with van der Waals surface area (Å²) >= 11 is 1.59. The SMILES string of the molecule is O=C(CCc1nnc(-c2ccsc2)o1)N1CC2(CC2)C1. The zero-order chi connectivity index (χ0) is 13.6. The van der Waals surface area contributed by atoms with Crippen LogP contribution in [0.2, 0.25) is 0 Å². The number of nitrogens with zero attached hydrogens (tertiary/aromatic N) is 3. The van der Waals surface area contributed by atoms with E-state index in [9.17, 15) is 4.79 Å². The van der Waals surface area contributed by atoms with Crippen molar-refractivity contribution < 1.29 is 9.21 Å². The third-order valence-corrected chi connectivity index (χ3v) is 4.83. The summed E-state index contributed by atoms with van der Waals surface area (Å²) in [7, 11) is 0. The van der Waals surface area contributed by atoms with Crippen LogP contribution < -0.4 is 0 Å². The van der Waals surface area contributed by atoms with E-state index < -0.39 is 0 Å². The van der Waals surface area contributed by atoms with Crippen molar-refractivity contribution in [1.82, 2.24) is 15.1 Å². The van der Waals surface area contributed by atoms with Crippen molar-refractivity contribution in [2.45, 2.75) is 25.7 Å². The highest BCUT2D eigenvalue weighted by atomic mass is 32.1. The molecule has 0 N–H and O–H groups in total. The van der Waals surface area contributed by atoms with Crippen molar-refractivity contribution in [1.29, 1.82) is 0 Å². The van der Waals surface area contributed by atoms with Crippen molar-refractivity contribution in [3.63, 3.8) is 0 Å². The van der Waals surface area contributed by atoms with Gasteiger partial charge in [0, 0.05) is 42.3 Å². The average Bonchev–Trinajstić information content (AvgIpc) is 2.86. The van der Waals surface area contributed by atoms with Gasteiger partial charge in [0.2, 0.25) is 17.7 Å². The summed E-state index contributed by atoms with van der Waals surface area (Å²) in [6.45, 7) is 1.91.